The van der Waals surface area contributed by atoms with Gasteiger partial charge in [-0.25, -0.2) is 4.39 Å². The maximum absolute atomic E-state index is 13.8. The summed E-state index contributed by atoms with van der Waals surface area (Å²) in [7, 11) is 1.77. The highest BCUT2D eigenvalue weighted by atomic mass is 127. The molecule has 5 nitrogen and oxygen atoms in total. The molecule has 2 bridgehead atoms. The standard InChI is InChI=1S/C18H28FN5.HI/c1-13-4-5-15(10-17(13)19)14(2)22-18(20-3)21-11-16-12-23-6-8-24(16)9-7-23;/h4-5,10,14,16H,6-9,11-12H2,1-3H3,(H2,20,21,22);1H. The fourth-order valence-corrected chi connectivity index (χ4v) is 3.49. The first-order valence-corrected chi connectivity index (χ1v) is 8.76. The molecule has 7 heteroatoms. The third-order valence-electron chi connectivity index (χ3n) is 5.17. The van der Waals surface area contributed by atoms with Crippen molar-refractivity contribution in [1.29, 1.82) is 0 Å². The molecule has 2 unspecified atom stereocenters. The number of hydrogen-bond acceptors (Lipinski definition) is 3. The van der Waals surface area contributed by atoms with Crippen LogP contribution in [-0.4, -0.2) is 68.1 Å². The van der Waals surface area contributed by atoms with E-state index in [-0.39, 0.29) is 35.8 Å². The Labute approximate surface area is 167 Å². The van der Waals surface area contributed by atoms with Crippen molar-refractivity contribution in [2.24, 2.45) is 4.99 Å². The molecule has 3 heterocycles. The molecule has 0 amide bonds. The van der Waals surface area contributed by atoms with Crippen molar-refractivity contribution in [2.45, 2.75) is 25.9 Å². The maximum atomic E-state index is 13.8. The van der Waals surface area contributed by atoms with Crippen LogP contribution in [0, 0.1) is 12.7 Å². The molecule has 0 aliphatic carbocycles. The first-order valence-electron chi connectivity index (χ1n) is 8.76. The highest BCUT2D eigenvalue weighted by Crippen LogP contribution is 2.17. The molecular formula is C18H29FIN5. The van der Waals surface area contributed by atoms with E-state index in [0.717, 1.165) is 37.7 Å². The van der Waals surface area contributed by atoms with Gasteiger partial charge in [-0.1, -0.05) is 12.1 Å². The Morgan fingerprint density at radius 3 is 2.60 bits per heavy atom. The Morgan fingerprint density at radius 1 is 1.32 bits per heavy atom. The third kappa shape index (κ3) is 5.04. The molecule has 3 aliphatic rings. The molecule has 0 radical (unpaired) electrons. The lowest BCUT2D eigenvalue weighted by Gasteiger charge is -2.47. The van der Waals surface area contributed by atoms with Gasteiger partial charge in [0.25, 0.3) is 0 Å². The molecule has 3 fully saturated rings. The number of nitrogens with one attached hydrogen (secondary N) is 2. The van der Waals surface area contributed by atoms with Crippen LogP contribution in [0.4, 0.5) is 4.39 Å². The number of hydrogen-bond donors (Lipinski definition) is 2. The van der Waals surface area contributed by atoms with E-state index in [0.29, 0.717) is 11.6 Å². The molecule has 25 heavy (non-hydrogen) atoms. The Kier molecular flexibility index (Phi) is 7.45. The van der Waals surface area contributed by atoms with Crippen molar-refractivity contribution < 1.29 is 4.39 Å². The van der Waals surface area contributed by atoms with Crippen molar-refractivity contribution in [1.82, 2.24) is 20.4 Å². The zero-order chi connectivity index (χ0) is 17.1. The number of guanidine groups is 1. The summed E-state index contributed by atoms with van der Waals surface area (Å²) in [4.78, 5) is 9.39. The predicted molar refractivity (Wildman–Crippen MR) is 111 cm³/mol. The van der Waals surface area contributed by atoms with Gasteiger partial charge in [0.05, 0.1) is 6.04 Å². The average Bonchev–Trinajstić information content (AvgIpc) is 2.61. The minimum atomic E-state index is -0.163. The van der Waals surface area contributed by atoms with E-state index < -0.39 is 0 Å². The van der Waals surface area contributed by atoms with Crippen molar-refractivity contribution in [2.75, 3.05) is 46.3 Å². The van der Waals surface area contributed by atoms with Gasteiger partial charge in [0.2, 0.25) is 0 Å². The number of nitrogens with zero attached hydrogens (tertiary/aromatic N) is 3. The Morgan fingerprint density at radius 2 is 2.04 bits per heavy atom. The Bertz CT molecular complexity index is 601. The molecule has 0 spiro atoms. The molecule has 2 atom stereocenters. The van der Waals surface area contributed by atoms with Crippen LogP contribution in [0.2, 0.25) is 0 Å². The number of piperazine rings is 3. The number of fused-ring (bicyclic) bond motifs is 3. The Balaban J connectivity index is 0.00000225. The van der Waals surface area contributed by atoms with E-state index >= 15 is 0 Å². The van der Waals surface area contributed by atoms with Crippen LogP contribution in [0.25, 0.3) is 0 Å². The van der Waals surface area contributed by atoms with Crippen molar-refractivity contribution in [3.05, 3.63) is 35.1 Å². The normalized spacial score (nSPS) is 26.7. The van der Waals surface area contributed by atoms with E-state index in [9.17, 15) is 4.39 Å². The van der Waals surface area contributed by atoms with E-state index in [1.807, 2.05) is 19.1 Å². The summed E-state index contributed by atoms with van der Waals surface area (Å²) < 4.78 is 13.8. The molecule has 1 aromatic carbocycles. The number of rotatable bonds is 4. The van der Waals surface area contributed by atoms with Crippen LogP contribution in [0.1, 0.15) is 24.1 Å². The second-order valence-corrected chi connectivity index (χ2v) is 6.82. The summed E-state index contributed by atoms with van der Waals surface area (Å²) in [5.41, 5.74) is 1.59. The number of benzene rings is 1. The van der Waals surface area contributed by atoms with Crippen molar-refractivity contribution in [3.8, 4) is 0 Å². The van der Waals surface area contributed by atoms with Gasteiger partial charge < -0.3 is 10.6 Å². The number of halogens is 2. The highest BCUT2D eigenvalue weighted by Gasteiger charge is 2.31. The van der Waals surface area contributed by atoms with Gasteiger partial charge in [-0.3, -0.25) is 14.8 Å². The van der Waals surface area contributed by atoms with Crippen LogP contribution < -0.4 is 10.6 Å². The lowest BCUT2D eigenvalue weighted by atomic mass is 10.1. The maximum Gasteiger partial charge on any atom is 0.191 e. The first kappa shape index (κ1) is 20.4. The minimum absolute atomic E-state index is 0. The molecule has 2 N–H and O–H groups in total. The second kappa shape index (κ2) is 9.14. The fourth-order valence-electron chi connectivity index (χ4n) is 3.49. The van der Waals surface area contributed by atoms with Crippen LogP contribution in [0.3, 0.4) is 0 Å². The summed E-state index contributed by atoms with van der Waals surface area (Å²) in [5, 5.41) is 6.78. The summed E-state index contributed by atoms with van der Waals surface area (Å²) in [6.07, 6.45) is 0. The van der Waals surface area contributed by atoms with Gasteiger partial charge in [0.15, 0.2) is 5.96 Å². The number of aliphatic imine (C=N–C) groups is 1. The SMILES string of the molecule is CN=C(NCC1CN2CCN1CC2)NC(C)c1ccc(C)c(F)c1.I. The van der Waals surface area contributed by atoms with E-state index in [1.165, 1.54) is 13.1 Å². The topological polar surface area (TPSA) is 42.9 Å². The van der Waals surface area contributed by atoms with Crippen molar-refractivity contribution in [3.63, 3.8) is 0 Å². The van der Waals surface area contributed by atoms with E-state index in [1.54, 1.807) is 20.0 Å². The molecule has 3 saturated heterocycles. The van der Waals surface area contributed by atoms with Crippen molar-refractivity contribution >= 4 is 29.9 Å². The third-order valence-corrected chi connectivity index (χ3v) is 5.17. The second-order valence-electron chi connectivity index (χ2n) is 6.82. The van der Waals surface area contributed by atoms with Gasteiger partial charge in [0.1, 0.15) is 5.82 Å². The van der Waals surface area contributed by atoms with Crippen LogP contribution in [0.5, 0.6) is 0 Å². The van der Waals surface area contributed by atoms with E-state index in [4.69, 9.17) is 0 Å². The molecule has 140 valence electrons. The fraction of sp³-hybridized carbons (Fsp3) is 0.611. The number of aryl methyl sites for hydroxylation is 1. The lowest BCUT2D eigenvalue weighted by molar-refractivity contribution is 0.0154. The zero-order valence-electron chi connectivity index (χ0n) is 15.3. The monoisotopic (exact) mass is 461 g/mol. The molecule has 1 aromatic rings. The average molecular weight is 461 g/mol. The summed E-state index contributed by atoms with van der Waals surface area (Å²) >= 11 is 0. The first-order chi connectivity index (χ1) is 11.6. The van der Waals surface area contributed by atoms with Gasteiger partial charge >= 0.3 is 0 Å². The zero-order valence-corrected chi connectivity index (χ0v) is 17.6. The Hall–Kier alpha value is -0.930. The van der Waals surface area contributed by atoms with E-state index in [2.05, 4.69) is 25.4 Å². The minimum Gasteiger partial charge on any atom is -0.355 e. The van der Waals surface area contributed by atoms with Crippen LogP contribution in [0.15, 0.2) is 23.2 Å². The molecular weight excluding hydrogens is 432 g/mol. The summed E-state index contributed by atoms with van der Waals surface area (Å²) in [6.45, 7) is 10.5. The molecule has 0 aromatic heterocycles. The summed E-state index contributed by atoms with van der Waals surface area (Å²) in [5.74, 6) is 0.602. The molecule has 3 aliphatic heterocycles. The molecule has 4 rings (SSSR count). The molecule has 0 saturated carbocycles. The van der Waals surface area contributed by atoms with Crippen LogP contribution >= 0.6 is 24.0 Å². The smallest absolute Gasteiger partial charge is 0.191 e. The lowest BCUT2D eigenvalue weighted by Crippen LogP contribution is -2.63. The van der Waals surface area contributed by atoms with Gasteiger partial charge in [-0.15, -0.1) is 24.0 Å². The predicted octanol–water partition coefficient (Wildman–Crippen LogP) is 1.98. The largest absolute Gasteiger partial charge is 0.355 e. The highest BCUT2D eigenvalue weighted by molar-refractivity contribution is 14.0. The van der Waals surface area contributed by atoms with Gasteiger partial charge in [-0.05, 0) is 31.0 Å². The van der Waals surface area contributed by atoms with Crippen LogP contribution in [-0.2, 0) is 0 Å². The summed E-state index contributed by atoms with van der Waals surface area (Å²) in [6, 6.07) is 5.91. The quantitative estimate of drug-likeness (QED) is 0.409. The van der Waals surface area contributed by atoms with Gasteiger partial charge in [-0.2, -0.15) is 0 Å². The van der Waals surface area contributed by atoms with Gasteiger partial charge in [0, 0.05) is 52.4 Å².